The predicted molar refractivity (Wildman–Crippen MR) is 62.2 cm³/mol. The lowest BCUT2D eigenvalue weighted by molar-refractivity contribution is 0.0683. The molecule has 0 spiro atoms. The van der Waals surface area contributed by atoms with Crippen LogP contribution in [0, 0.1) is 17.5 Å². The van der Waals surface area contributed by atoms with Gasteiger partial charge in [-0.2, -0.15) is 0 Å². The van der Waals surface area contributed by atoms with E-state index in [0.717, 1.165) is 4.68 Å². The van der Waals surface area contributed by atoms with Gasteiger partial charge in [0.1, 0.15) is 11.5 Å². The first kappa shape index (κ1) is 14.0. The summed E-state index contributed by atoms with van der Waals surface area (Å²) in [7, 11) is 0. The van der Waals surface area contributed by atoms with Crippen LogP contribution in [-0.2, 0) is 6.42 Å². The third-order valence-corrected chi connectivity index (χ3v) is 2.56. The summed E-state index contributed by atoms with van der Waals surface area (Å²) in [5, 5.41) is 12.4. The molecule has 106 valence electrons. The number of aromatic nitrogens is 3. The van der Waals surface area contributed by atoms with Crippen LogP contribution < -0.4 is 0 Å². The van der Waals surface area contributed by atoms with Crippen molar-refractivity contribution in [1.82, 2.24) is 14.8 Å². The van der Waals surface area contributed by atoms with Gasteiger partial charge in [0.15, 0.2) is 17.5 Å². The van der Waals surface area contributed by atoms with Gasteiger partial charge in [-0.05, 0) is 6.42 Å². The summed E-state index contributed by atoms with van der Waals surface area (Å²) in [6, 6.07) is 0.993. The van der Waals surface area contributed by atoms with Crippen molar-refractivity contribution in [2.45, 2.75) is 19.8 Å². The third kappa shape index (κ3) is 2.49. The van der Waals surface area contributed by atoms with E-state index in [4.69, 9.17) is 5.11 Å². The molecule has 0 radical (unpaired) electrons. The highest BCUT2D eigenvalue weighted by Crippen LogP contribution is 2.19. The molecule has 0 amide bonds. The Morgan fingerprint density at radius 2 is 1.90 bits per heavy atom. The van der Waals surface area contributed by atoms with Crippen molar-refractivity contribution in [2.24, 2.45) is 0 Å². The molecule has 0 unspecified atom stereocenters. The second kappa shape index (κ2) is 5.32. The van der Waals surface area contributed by atoms with Crippen LogP contribution in [0.25, 0.3) is 5.69 Å². The molecule has 0 aliphatic heterocycles. The van der Waals surface area contributed by atoms with E-state index in [2.05, 4.69) is 10.1 Å². The Hall–Kier alpha value is -2.38. The fourth-order valence-electron chi connectivity index (χ4n) is 1.69. The van der Waals surface area contributed by atoms with Crippen LogP contribution in [0.15, 0.2) is 12.1 Å². The normalized spacial score (nSPS) is 10.8. The summed E-state index contributed by atoms with van der Waals surface area (Å²) in [5.41, 5.74) is -0.382. The number of rotatable bonds is 4. The van der Waals surface area contributed by atoms with Gasteiger partial charge in [-0.1, -0.05) is 6.92 Å². The van der Waals surface area contributed by atoms with Crippen LogP contribution in [0.5, 0.6) is 0 Å². The van der Waals surface area contributed by atoms with Crippen molar-refractivity contribution >= 4 is 5.97 Å². The zero-order valence-electron chi connectivity index (χ0n) is 10.4. The molecular formula is C12H10F3N3O2. The second-order valence-electron chi connectivity index (χ2n) is 4.04. The topological polar surface area (TPSA) is 68.0 Å². The van der Waals surface area contributed by atoms with Crippen LogP contribution in [-0.4, -0.2) is 25.8 Å². The summed E-state index contributed by atoms with van der Waals surface area (Å²) in [5.74, 6) is -5.39. The van der Waals surface area contributed by atoms with Crippen molar-refractivity contribution in [2.75, 3.05) is 0 Å². The van der Waals surface area contributed by atoms with Crippen molar-refractivity contribution in [3.05, 3.63) is 41.2 Å². The van der Waals surface area contributed by atoms with Crippen LogP contribution in [0.2, 0.25) is 0 Å². The van der Waals surface area contributed by atoms with Gasteiger partial charge in [0.2, 0.25) is 0 Å². The summed E-state index contributed by atoms with van der Waals surface area (Å²) in [6.07, 6.45) is 0.918. The number of nitrogens with zero attached hydrogens (tertiary/aromatic N) is 3. The van der Waals surface area contributed by atoms with E-state index >= 15 is 0 Å². The molecule has 0 aliphatic carbocycles. The van der Waals surface area contributed by atoms with E-state index in [-0.39, 0.29) is 11.5 Å². The number of halogens is 3. The molecular weight excluding hydrogens is 275 g/mol. The minimum atomic E-state index is -1.39. The SMILES string of the molecule is CCCc1nc(C(=O)O)nn1-c1cc(F)c(F)cc1F. The first-order chi connectivity index (χ1) is 9.43. The third-order valence-electron chi connectivity index (χ3n) is 2.56. The van der Waals surface area contributed by atoms with Gasteiger partial charge >= 0.3 is 5.97 Å². The zero-order valence-corrected chi connectivity index (χ0v) is 10.4. The minimum absolute atomic E-state index is 0.162. The van der Waals surface area contributed by atoms with Crippen molar-refractivity contribution in [1.29, 1.82) is 0 Å². The summed E-state index contributed by atoms with van der Waals surface area (Å²) >= 11 is 0. The first-order valence-corrected chi connectivity index (χ1v) is 5.78. The van der Waals surface area contributed by atoms with Crippen molar-refractivity contribution in [3.8, 4) is 5.69 Å². The number of aromatic carboxylic acids is 1. The van der Waals surface area contributed by atoms with Crippen LogP contribution >= 0.6 is 0 Å². The van der Waals surface area contributed by atoms with Crippen molar-refractivity contribution in [3.63, 3.8) is 0 Å². The largest absolute Gasteiger partial charge is 0.475 e. The maximum atomic E-state index is 13.7. The molecule has 0 aliphatic rings. The van der Waals surface area contributed by atoms with Gasteiger partial charge in [0.25, 0.3) is 5.82 Å². The second-order valence-corrected chi connectivity index (χ2v) is 4.04. The summed E-state index contributed by atoms with van der Waals surface area (Å²) in [4.78, 5) is 14.6. The van der Waals surface area contributed by atoms with E-state index in [1.165, 1.54) is 0 Å². The highest BCUT2D eigenvalue weighted by molar-refractivity contribution is 5.83. The van der Waals surface area contributed by atoms with Crippen LogP contribution in [0.4, 0.5) is 13.2 Å². The van der Waals surface area contributed by atoms with Gasteiger partial charge in [-0.25, -0.2) is 27.6 Å². The van der Waals surface area contributed by atoms with Crippen LogP contribution in [0.1, 0.15) is 29.8 Å². The molecule has 1 heterocycles. The predicted octanol–water partition coefficient (Wildman–Crippen LogP) is 2.34. The van der Waals surface area contributed by atoms with Gasteiger partial charge in [-0.15, -0.1) is 5.10 Å². The fraction of sp³-hybridized carbons (Fsp3) is 0.250. The van der Waals surface area contributed by atoms with Gasteiger partial charge < -0.3 is 5.11 Å². The highest BCUT2D eigenvalue weighted by Gasteiger charge is 2.19. The quantitative estimate of drug-likeness (QED) is 0.875. The molecule has 2 aromatic rings. The van der Waals surface area contributed by atoms with E-state index < -0.39 is 29.2 Å². The molecule has 1 aromatic heterocycles. The Morgan fingerprint density at radius 3 is 2.50 bits per heavy atom. The zero-order chi connectivity index (χ0) is 14.9. The smallest absolute Gasteiger partial charge is 0.375 e. The standard InChI is InChI=1S/C12H10F3N3O2/c1-2-3-10-16-11(12(19)20)17-18(10)9-5-7(14)6(13)4-8(9)15/h4-5H,2-3H2,1H3,(H,19,20). The lowest BCUT2D eigenvalue weighted by Crippen LogP contribution is -2.07. The minimum Gasteiger partial charge on any atom is -0.475 e. The molecule has 2 rings (SSSR count). The number of benzene rings is 1. The Morgan fingerprint density at radius 1 is 1.25 bits per heavy atom. The number of hydrogen-bond donors (Lipinski definition) is 1. The number of aryl methyl sites for hydroxylation is 1. The molecule has 8 heteroatoms. The average molecular weight is 285 g/mol. The van der Waals surface area contributed by atoms with E-state index in [9.17, 15) is 18.0 Å². The lowest BCUT2D eigenvalue weighted by Gasteiger charge is -2.06. The molecule has 0 saturated heterocycles. The Labute approximate surface area is 111 Å². The maximum absolute atomic E-state index is 13.7. The average Bonchev–Trinajstić information content (AvgIpc) is 2.78. The van der Waals surface area contributed by atoms with Gasteiger partial charge in [0, 0.05) is 18.6 Å². The Balaban J connectivity index is 2.61. The molecule has 0 fully saturated rings. The first-order valence-electron chi connectivity index (χ1n) is 5.78. The number of hydrogen-bond acceptors (Lipinski definition) is 3. The monoisotopic (exact) mass is 285 g/mol. The van der Waals surface area contributed by atoms with Crippen molar-refractivity contribution < 1.29 is 23.1 Å². The fourth-order valence-corrected chi connectivity index (χ4v) is 1.69. The molecule has 0 saturated carbocycles. The molecule has 5 nitrogen and oxygen atoms in total. The molecule has 0 atom stereocenters. The van der Waals surface area contributed by atoms with Gasteiger partial charge in [-0.3, -0.25) is 0 Å². The van der Waals surface area contributed by atoms with E-state index in [1.807, 2.05) is 0 Å². The van der Waals surface area contributed by atoms with Crippen LogP contribution in [0.3, 0.4) is 0 Å². The Bertz CT molecular complexity index is 670. The lowest BCUT2D eigenvalue weighted by atomic mass is 10.2. The molecule has 20 heavy (non-hydrogen) atoms. The number of carboxylic acid groups (broad SMARTS) is 1. The molecule has 1 aromatic carbocycles. The molecule has 1 N–H and O–H groups in total. The van der Waals surface area contributed by atoms with Gasteiger partial charge in [0.05, 0.1) is 0 Å². The number of carboxylic acids is 1. The summed E-state index contributed by atoms with van der Waals surface area (Å²) < 4.78 is 40.7. The molecule has 0 bridgehead atoms. The number of carbonyl (C=O) groups is 1. The van der Waals surface area contributed by atoms with E-state index in [0.29, 0.717) is 25.0 Å². The maximum Gasteiger partial charge on any atom is 0.375 e. The van der Waals surface area contributed by atoms with E-state index in [1.54, 1.807) is 6.92 Å². The highest BCUT2D eigenvalue weighted by atomic mass is 19.2. The Kier molecular flexibility index (Phi) is 3.73. The summed E-state index contributed by atoms with van der Waals surface area (Å²) in [6.45, 7) is 1.81.